The number of rotatable bonds is 6. The van der Waals surface area contributed by atoms with Crippen LogP contribution in [0.5, 0.6) is 0 Å². The zero-order valence-corrected chi connectivity index (χ0v) is 12.1. The number of unbranched alkanes of at least 4 members (excludes halogenated alkanes) is 1. The lowest BCUT2D eigenvalue weighted by Crippen LogP contribution is -2.08. The normalized spacial score (nSPS) is 11.5. The van der Waals surface area contributed by atoms with Gasteiger partial charge in [0.2, 0.25) is 5.95 Å². The first kappa shape index (κ1) is 13.3. The summed E-state index contributed by atoms with van der Waals surface area (Å²) in [6.45, 7) is 5.85. The van der Waals surface area contributed by atoms with Gasteiger partial charge in [0.25, 0.3) is 0 Å². The highest BCUT2D eigenvalue weighted by Gasteiger charge is 2.15. The van der Waals surface area contributed by atoms with E-state index in [1.807, 2.05) is 23.4 Å². The molecule has 0 radical (unpaired) electrons. The van der Waals surface area contributed by atoms with E-state index in [0.29, 0.717) is 5.95 Å². The van der Waals surface area contributed by atoms with Crippen LogP contribution in [0.1, 0.15) is 25.5 Å². The molecule has 0 aliphatic heterocycles. The molecule has 0 aliphatic rings. The summed E-state index contributed by atoms with van der Waals surface area (Å²) >= 11 is 1.88. The van der Waals surface area contributed by atoms with Crippen LogP contribution in [0.25, 0.3) is 11.2 Å². The summed E-state index contributed by atoms with van der Waals surface area (Å²) in [4.78, 5) is 4.43. The number of nitrogens with two attached hydrogens (primary N) is 1. The molecule has 2 N–H and O–H groups in total. The van der Waals surface area contributed by atoms with Crippen LogP contribution < -0.4 is 5.73 Å². The van der Waals surface area contributed by atoms with Gasteiger partial charge in [-0.1, -0.05) is 0 Å². The van der Waals surface area contributed by atoms with Crippen LogP contribution in [-0.4, -0.2) is 31.3 Å². The average Bonchev–Trinajstić information content (AvgIpc) is 2.83. The van der Waals surface area contributed by atoms with E-state index >= 15 is 0 Å². The van der Waals surface area contributed by atoms with E-state index in [0.717, 1.165) is 36.4 Å². The minimum atomic E-state index is 0.608. The molecule has 18 heavy (non-hydrogen) atoms. The summed E-state index contributed by atoms with van der Waals surface area (Å²) < 4.78 is 4.09. The molecule has 2 rings (SSSR count). The Balaban J connectivity index is 2.27. The summed E-state index contributed by atoms with van der Waals surface area (Å²) in [5, 5.41) is 4.49. The van der Waals surface area contributed by atoms with Crippen molar-refractivity contribution < 1.29 is 0 Å². The monoisotopic (exact) mass is 267 g/mol. The van der Waals surface area contributed by atoms with Crippen molar-refractivity contribution in [2.45, 2.75) is 39.8 Å². The third-order valence-electron chi connectivity index (χ3n) is 3.11. The lowest BCUT2D eigenvalue weighted by Gasteiger charge is -2.07. The second-order valence-corrected chi connectivity index (χ2v) is 5.38. The number of aromatic nitrogens is 4. The lowest BCUT2D eigenvalue weighted by atomic mass is 10.3. The SMILES string of the molecule is CCn1nc(C)c2nc(N)n(CCCCSC)c21. The Hall–Kier alpha value is -1.17. The van der Waals surface area contributed by atoms with Crippen molar-refractivity contribution in [3.63, 3.8) is 0 Å². The van der Waals surface area contributed by atoms with Crippen molar-refractivity contribution in [2.24, 2.45) is 0 Å². The van der Waals surface area contributed by atoms with Crippen LogP contribution in [0.4, 0.5) is 5.95 Å². The minimum Gasteiger partial charge on any atom is -0.369 e. The van der Waals surface area contributed by atoms with Crippen LogP contribution in [0.15, 0.2) is 0 Å². The second kappa shape index (κ2) is 5.65. The van der Waals surface area contributed by atoms with Gasteiger partial charge in [0.1, 0.15) is 5.52 Å². The van der Waals surface area contributed by atoms with E-state index in [1.165, 1.54) is 12.2 Å². The Kier molecular flexibility index (Phi) is 4.16. The maximum atomic E-state index is 6.01. The molecule has 6 heteroatoms. The highest BCUT2D eigenvalue weighted by molar-refractivity contribution is 7.98. The molecule has 0 unspecified atom stereocenters. The molecule has 0 aromatic carbocycles. The number of hydrogen-bond acceptors (Lipinski definition) is 4. The molecule has 0 saturated carbocycles. The lowest BCUT2D eigenvalue weighted by molar-refractivity contribution is 0.609. The summed E-state index contributed by atoms with van der Waals surface area (Å²) in [5.41, 5.74) is 8.98. The summed E-state index contributed by atoms with van der Waals surface area (Å²) in [6.07, 6.45) is 4.48. The van der Waals surface area contributed by atoms with Gasteiger partial charge in [-0.3, -0.25) is 4.57 Å². The molecule has 2 aromatic rings. The van der Waals surface area contributed by atoms with Gasteiger partial charge in [-0.05, 0) is 38.7 Å². The van der Waals surface area contributed by atoms with Crippen molar-refractivity contribution in [2.75, 3.05) is 17.7 Å². The van der Waals surface area contributed by atoms with E-state index in [9.17, 15) is 0 Å². The Bertz CT molecular complexity index is 528. The molecule has 0 aliphatic carbocycles. The number of thioether (sulfide) groups is 1. The van der Waals surface area contributed by atoms with Crippen LogP contribution in [0.2, 0.25) is 0 Å². The van der Waals surface area contributed by atoms with E-state index < -0.39 is 0 Å². The first-order chi connectivity index (χ1) is 8.69. The van der Waals surface area contributed by atoms with Crippen LogP contribution in [0.3, 0.4) is 0 Å². The quantitative estimate of drug-likeness (QED) is 0.816. The van der Waals surface area contributed by atoms with E-state index in [1.54, 1.807) is 0 Å². The molecule has 2 heterocycles. The van der Waals surface area contributed by atoms with Crippen LogP contribution in [0, 0.1) is 6.92 Å². The fourth-order valence-electron chi connectivity index (χ4n) is 2.20. The Morgan fingerprint density at radius 2 is 2.11 bits per heavy atom. The number of hydrogen-bond donors (Lipinski definition) is 1. The third-order valence-corrected chi connectivity index (χ3v) is 3.80. The third kappa shape index (κ3) is 2.34. The molecule has 0 fully saturated rings. The molecule has 0 spiro atoms. The Morgan fingerprint density at radius 1 is 1.33 bits per heavy atom. The molecular weight excluding hydrogens is 246 g/mol. The maximum absolute atomic E-state index is 6.01. The van der Waals surface area contributed by atoms with Crippen molar-refractivity contribution in [3.05, 3.63) is 5.69 Å². The number of aryl methyl sites for hydroxylation is 3. The van der Waals surface area contributed by atoms with E-state index in [-0.39, 0.29) is 0 Å². The number of anilines is 1. The van der Waals surface area contributed by atoms with Gasteiger partial charge < -0.3 is 5.73 Å². The Labute approximate surface area is 112 Å². The maximum Gasteiger partial charge on any atom is 0.202 e. The molecule has 2 aromatic heterocycles. The first-order valence-corrected chi connectivity index (χ1v) is 7.76. The van der Waals surface area contributed by atoms with Gasteiger partial charge in [-0.2, -0.15) is 16.9 Å². The summed E-state index contributed by atoms with van der Waals surface area (Å²) in [5.74, 6) is 1.81. The predicted molar refractivity (Wildman–Crippen MR) is 78.0 cm³/mol. The van der Waals surface area contributed by atoms with Gasteiger partial charge in [0, 0.05) is 13.1 Å². The molecule has 0 atom stereocenters. The van der Waals surface area contributed by atoms with Gasteiger partial charge >= 0.3 is 0 Å². The molecule has 100 valence electrons. The van der Waals surface area contributed by atoms with Crippen molar-refractivity contribution in [1.29, 1.82) is 0 Å². The van der Waals surface area contributed by atoms with Crippen LogP contribution in [-0.2, 0) is 13.1 Å². The smallest absolute Gasteiger partial charge is 0.202 e. The van der Waals surface area contributed by atoms with Crippen molar-refractivity contribution in [3.8, 4) is 0 Å². The number of fused-ring (bicyclic) bond motifs is 1. The molecule has 0 bridgehead atoms. The number of nitrogen functional groups attached to an aromatic ring is 1. The molecular formula is C12H21N5S. The second-order valence-electron chi connectivity index (χ2n) is 4.39. The summed E-state index contributed by atoms with van der Waals surface area (Å²) in [7, 11) is 0. The molecule has 0 saturated heterocycles. The largest absolute Gasteiger partial charge is 0.369 e. The highest BCUT2D eigenvalue weighted by Crippen LogP contribution is 2.21. The fraction of sp³-hybridized carbons (Fsp3) is 0.667. The van der Waals surface area contributed by atoms with Crippen LogP contribution >= 0.6 is 11.8 Å². The highest BCUT2D eigenvalue weighted by atomic mass is 32.2. The first-order valence-electron chi connectivity index (χ1n) is 6.37. The topological polar surface area (TPSA) is 61.7 Å². The zero-order valence-electron chi connectivity index (χ0n) is 11.3. The Morgan fingerprint density at radius 3 is 2.78 bits per heavy atom. The summed E-state index contributed by atoms with van der Waals surface area (Å²) in [6, 6.07) is 0. The standard InChI is InChI=1S/C12H21N5S/c1-4-17-11-10(9(2)15-17)14-12(13)16(11)7-5-6-8-18-3/h4-8H2,1-3H3,(H2,13,14). The van der Waals surface area contributed by atoms with E-state index in [4.69, 9.17) is 5.73 Å². The van der Waals surface area contributed by atoms with Crippen molar-refractivity contribution >= 4 is 28.9 Å². The average molecular weight is 267 g/mol. The molecule has 5 nitrogen and oxygen atoms in total. The van der Waals surface area contributed by atoms with Gasteiger partial charge in [-0.25, -0.2) is 9.67 Å². The number of imidazole rings is 1. The van der Waals surface area contributed by atoms with E-state index in [2.05, 4.69) is 27.8 Å². The molecule has 0 amide bonds. The van der Waals surface area contributed by atoms with Gasteiger partial charge in [-0.15, -0.1) is 0 Å². The van der Waals surface area contributed by atoms with Crippen molar-refractivity contribution in [1.82, 2.24) is 19.3 Å². The fourth-order valence-corrected chi connectivity index (χ4v) is 2.69. The van der Waals surface area contributed by atoms with Gasteiger partial charge in [0.05, 0.1) is 5.69 Å². The zero-order chi connectivity index (χ0) is 13.1. The van der Waals surface area contributed by atoms with Gasteiger partial charge in [0.15, 0.2) is 5.65 Å². The number of nitrogens with zero attached hydrogens (tertiary/aromatic N) is 4. The predicted octanol–water partition coefficient (Wildman–Crippen LogP) is 2.29. The minimum absolute atomic E-state index is 0.608.